The summed E-state index contributed by atoms with van der Waals surface area (Å²) < 4.78 is 0. The molecule has 0 radical (unpaired) electrons. The van der Waals surface area contributed by atoms with Crippen molar-refractivity contribution in [3.63, 3.8) is 0 Å². The highest BCUT2D eigenvalue weighted by Crippen LogP contribution is 2.30. The molecule has 2 N–H and O–H groups in total. The molecule has 25 heavy (non-hydrogen) atoms. The number of rotatable bonds is 4. The van der Waals surface area contributed by atoms with Crippen molar-refractivity contribution in [2.75, 3.05) is 5.32 Å². The van der Waals surface area contributed by atoms with Crippen molar-refractivity contribution < 1.29 is 14.4 Å². The third kappa shape index (κ3) is 5.69. The molecule has 2 amide bonds. The SMILES string of the molecule is CC(=O)c1ccc(NC(=O)C2CCC(C(=O)NC(C)(C)C)CC2)cc1. The summed E-state index contributed by atoms with van der Waals surface area (Å²) in [5.41, 5.74) is 1.10. The van der Waals surface area contributed by atoms with E-state index in [4.69, 9.17) is 0 Å². The first-order valence-electron chi connectivity index (χ1n) is 8.89. The van der Waals surface area contributed by atoms with Crippen molar-refractivity contribution in [1.29, 1.82) is 0 Å². The van der Waals surface area contributed by atoms with Crippen LogP contribution in [0.25, 0.3) is 0 Å². The molecule has 1 aromatic carbocycles. The summed E-state index contributed by atoms with van der Waals surface area (Å²) in [7, 11) is 0. The summed E-state index contributed by atoms with van der Waals surface area (Å²) in [4.78, 5) is 35.9. The Morgan fingerprint density at radius 3 is 1.80 bits per heavy atom. The van der Waals surface area contributed by atoms with Crippen LogP contribution in [0.5, 0.6) is 0 Å². The average Bonchev–Trinajstić information content (AvgIpc) is 2.54. The van der Waals surface area contributed by atoms with Crippen LogP contribution < -0.4 is 10.6 Å². The normalized spacial score (nSPS) is 20.6. The second-order valence-corrected chi connectivity index (χ2v) is 7.91. The minimum atomic E-state index is -0.225. The summed E-state index contributed by atoms with van der Waals surface area (Å²) in [6.45, 7) is 7.44. The summed E-state index contributed by atoms with van der Waals surface area (Å²) in [6, 6.07) is 6.92. The van der Waals surface area contributed by atoms with E-state index in [1.807, 2.05) is 20.8 Å². The second-order valence-electron chi connectivity index (χ2n) is 7.91. The number of carbonyl (C=O) groups is 3. The Morgan fingerprint density at radius 2 is 1.36 bits per heavy atom. The van der Waals surface area contributed by atoms with Crippen LogP contribution in [0.3, 0.4) is 0 Å². The van der Waals surface area contributed by atoms with Gasteiger partial charge >= 0.3 is 0 Å². The molecule has 136 valence electrons. The number of nitrogens with one attached hydrogen (secondary N) is 2. The molecule has 1 aliphatic carbocycles. The van der Waals surface area contributed by atoms with Crippen LogP contribution in [-0.2, 0) is 9.59 Å². The van der Waals surface area contributed by atoms with E-state index in [-0.39, 0.29) is 35.0 Å². The Bertz CT molecular complexity index is 636. The van der Waals surface area contributed by atoms with Crippen molar-refractivity contribution >= 4 is 23.3 Å². The molecule has 0 unspecified atom stereocenters. The highest BCUT2D eigenvalue weighted by atomic mass is 16.2. The molecule has 1 saturated carbocycles. The Hall–Kier alpha value is -2.17. The topological polar surface area (TPSA) is 75.3 Å². The lowest BCUT2D eigenvalue weighted by Gasteiger charge is -2.30. The van der Waals surface area contributed by atoms with Gasteiger partial charge in [0.1, 0.15) is 0 Å². The number of Topliss-reactive ketones (excluding diaryl/α,β-unsaturated/α-hetero) is 1. The first kappa shape index (κ1) is 19.2. The number of hydrogen-bond acceptors (Lipinski definition) is 3. The molecule has 0 saturated heterocycles. The van der Waals surface area contributed by atoms with Gasteiger partial charge in [0.15, 0.2) is 5.78 Å². The summed E-state index contributed by atoms with van der Waals surface area (Å²) in [5.74, 6) is 0.0189. The molecule has 0 heterocycles. The first-order chi connectivity index (χ1) is 11.7. The Kier molecular flexibility index (Phi) is 5.98. The lowest BCUT2D eigenvalue weighted by molar-refractivity contribution is -0.129. The van der Waals surface area contributed by atoms with Gasteiger partial charge < -0.3 is 10.6 Å². The summed E-state index contributed by atoms with van der Waals surface area (Å²) in [6.07, 6.45) is 2.92. The van der Waals surface area contributed by atoms with Gasteiger partial charge in [0, 0.05) is 28.6 Å². The minimum Gasteiger partial charge on any atom is -0.351 e. The van der Waals surface area contributed by atoms with E-state index in [1.165, 1.54) is 6.92 Å². The molecule has 0 aliphatic heterocycles. The lowest BCUT2D eigenvalue weighted by Crippen LogP contribution is -2.45. The van der Waals surface area contributed by atoms with Crippen LogP contribution in [0.15, 0.2) is 24.3 Å². The predicted octanol–water partition coefficient (Wildman–Crippen LogP) is 3.55. The van der Waals surface area contributed by atoms with Gasteiger partial charge in [-0.3, -0.25) is 14.4 Å². The van der Waals surface area contributed by atoms with Crippen LogP contribution in [0.4, 0.5) is 5.69 Å². The van der Waals surface area contributed by atoms with Crippen LogP contribution >= 0.6 is 0 Å². The standard InChI is InChI=1S/C20H28N2O3/c1-13(23)14-9-11-17(12-10-14)21-18(24)15-5-7-16(8-6-15)19(25)22-20(2,3)4/h9-12,15-16H,5-8H2,1-4H3,(H,21,24)(H,22,25). The first-order valence-corrected chi connectivity index (χ1v) is 8.89. The van der Waals surface area contributed by atoms with E-state index in [1.54, 1.807) is 24.3 Å². The van der Waals surface area contributed by atoms with Crippen molar-refractivity contribution in [3.8, 4) is 0 Å². The van der Waals surface area contributed by atoms with Crippen molar-refractivity contribution in [2.24, 2.45) is 11.8 Å². The molecular formula is C20H28N2O3. The van der Waals surface area contributed by atoms with Gasteiger partial charge in [0.2, 0.25) is 11.8 Å². The molecule has 5 nitrogen and oxygen atoms in total. The van der Waals surface area contributed by atoms with Crippen molar-refractivity contribution in [1.82, 2.24) is 5.32 Å². The third-order valence-corrected chi connectivity index (χ3v) is 4.53. The monoisotopic (exact) mass is 344 g/mol. The molecule has 0 aromatic heterocycles. The van der Waals surface area contributed by atoms with E-state index in [0.29, 0.717) is 11.3 Å². The molecule has 0 bridgehead atoms. The van der Waals surface area contributed by atoms with E-state index in [0.717, 1.165) is 25.7 Å². The van der Waals surface area contributed by atoms with E-state index >= 15 is 0 Å². The zero-order valence-electron chi connectivity index (χ0n) is 15.5. The molecule has 1 aliphatic rings. The fraction of sp³-hybridized carbons (Fsp3) is 0.550. The number of ketones is 1. The van der Waals surface area contributed by atoms with E-state index in [9.17, 15) is 14.4 Å². The molecule has 5 heteroatoms. The Balaban J connectivity index is 1.84. The summed E-state index contributed by atoms with van der Waals surface area (Å²) in [5, 5.41) is 5.93. The lowest BCUT2D eigenvalue weighted by atomic mass is 9.81. The van der Waals surface area contributed by atoms with Gasteiger partial charge in [-0.1, -0.05) is 0 Å². The zero-order chi connectivity index (χ0) is 18.6. The third-order valence-electron chi connectivity index (χ3n) is 4.53. The van der Waals surface area contributed by atoms with E-state index < -0.39 is 0 Å². The Morgan fingerprint density at radius 1 is 0.880 bits per heavy atom. The van der Waals surface area contributed by atoms with Gasteiger partial charge in [-0.25, -0.2) is 0 Å². The predicted molar refractivity (Wildman–Crippen MR) is 98.4 cm³/mol. The van der Waals surface area contributed by atoms with Gasteiger partial charge in [0.05, 0.1) is 0 Å². The maximum Gasteiger partial charge on any atom is 0.227 e. The quantitative estimate of drug-likeness (QED) is 0.820. The van der Waals surface area contributed by atoms with Gasteiger partial charge in [-0.15, -0.1) is 0 Å². The highest BCUT2D eigenvalue weighted by molar-refractivity contribution is 5.96. The Labute approximate surface area is 149 Å². The molecular weight excluding hydrogens is 316 g/mol. The van der Waals surface area contributed by atoms with Crippen LogP contribution in [0, 0.1) is 11.8 Å². The molecule has 2 rings (SSSR count). The minimum absolute atomic E-state index is 0.00174. The number of benzene rings is 1. The van der Waals surface area contributed by atoms with E-state index in [2.05, 4.69) is 10.6 Å². The highest BCUT2D eigenvalue weighted by Gasteiger charge is 2.31. The molecule has 0 spiro atoms. The molecule has 0 atom stereocenters. The average molecular weight is 344 g/mol. The largest absolute Gasteiger partial charge is 0.351 e. The van der Waals surface area contributed by atoms with Gasteiger partial charge in [0.25, 0.3) is 0 Å². The maximum absolute atomic E-state index is 12.4. The van der Waals surface area contributed by atoms with Gasteiger partial charge in [-0.05, 0) is 77.6 Å². The number of carbonyl (C=O) groups excluding carboxylic acids is 3. The van der Waals surface area contributed by atoms with Crippen molar-refractivity contribution in [3.05, 3.63) is 29.8 Å². The van der Waals surface area contributed by atoms with Gasteiger partial charge in [-0.2, -0.15) is 0 Å². The zero-order valence-corrected chi connectivity index (χ0v) is 15.5. The fourth-order valence-electron chi connectivity index (χ4n) is 3.12. The number of hydrogen-bond donors (Lipinski definition) is 2. The summed E-state index contributed by atoms with van der Waals surface area (Å²) >= 11 is 0. The second kappa shape index (κ2) is 7.81. The number of amides is 2. The maximum atomic E-state index is 12.4. The van der Waals surface area contributed by atoms with Crippen LogP contribution in [0.1, 0.15) is 63.7 Å². The van der Waals surface area contributed by atoms with Crippen molar-refractivity contribution in [2.45, 2.75) is 58.9 Å². The number of anilines is 1. The smallest absolute Gasteiger partial charge is 0.227 e. The van der Waals surface area contributed by atoms with Crippen LogP contribution in [0.2, 0.25) is 0 Å². The molecule has 1 aromatic rings. The fourth-order valence-corrected chi connectivity index (χ4v) is 3.12. The van der Waals surface area contributed by atoms with Crippen LogP contribution in [-0.4, -0.2) is 23.1 Å². The molecule has 1 fully saturated rings.